The van der Waals surface area contributed by atoms with Crippen LogP contribution in [0.2, 0.25) is 10.0 Å². The van der Waals surface area contributed by atoms with E-state index < -0.39 is 18.7 Å². The molecule has 1 aliphatic rings. The fourth-order valence-corrected chi connectivity index (χ4v) is 3.62. The van der Waals surface area contributed by atoms with E-state index in [9.17, 15) is 22.8 Å². The Labute approximate surface area is 164 Å². The number of esters is 1. The smallest absolute Gasteiger partial charge is 0.401 e. The van der Waals surface area contributed by atoms with Crippen LogP contribution in [-0.4, -0.2) is 43.5 Å². The highest BCUT2D eigenvalue weighted by molar-refractivity contribution is 6.39. The number of rotatable bonds is 5. The molecule has 0 saturated carbocycles. The SMILES string of the molecule is COC(=O)c1cc(C2=CC(=O)CCC2)c(Cl)c(CN(C)CC(F)(F)F)c1Cl. The molecule has 1 aliphatic carbocycles. The average molecular weight is 424 g/mol. The summed E-state index contributed by atoms with van der Waals surface area (Å²) in [7, 11) is 2.44. The summed E-state index contributed by atoms with van der Waals surface area (Å²) in [6.45, 7) is -1.39. The van der Waals surface area contributed by atoms with Crippen LogP contribution in [0, 0.1) is 0 Å². The fourth-order valence-electron chi connectivity index (χ4n) is 2.96. The van der Waals surface area contributed by atoms with E-state index >= 15 is 0 Å². The standard InChI is InChI=1S/C18H18Cl2F3NO3/c1-24(9-18(21,22)23)8-14-15(19)12(10-4-3-5-11(25)6-10)7-13(16(14)20)17(26)27-2/h6-7H,3-5,8-9H2,1-2H3. The first kappa shape index (κ1) is 21.7. The highest BCUT2D eigenvalue weighted by Crippen LogP contribution is 2.39. The van der Waals surface area contributed by atoms with Crippen molar-refractivity contribution in [1.82, 2.24) is 4.90 Å². The van der Waals surface area contributed by atoms with Gasteiger partial charge in [0, 0.05) is 18.5 Å². The first-order valence-electron chi connectivity index (χ1n) is 8.11. The molecule has 0 spiro atoms. The Hall–Kier alpha value is -1.57. The van der Waals surface area contributed by atoms with Crippen molar-refractivity contribution in [2.45, 2.75) is 32.0 Å². The molecule has 0 heterocycles. The van der Waals surface area contributed by atoms with Gasteiger partial charge >= 0.3 is 12.1 Å². The molecule has 0 amide bonds. The van der Waals surface area contributed by atoms with Gasteiger partial charge in [0.05, 0.1) is 29.3 Å². The molecule has 1 aromatic rings. The minimum Gasteiger partial charge on any atom is -0.465 e. The van der Waals surface area contributed by atoms with Crippen LogP contribution >= 0.6 is 23.2 Å². The summed E-state index contributed by atoms with van der Waals surface area (Å²) in [5.74, 6) is -0.807. The molecule has 0 radical (unpaired) electrons. The lowest BCUT2D eigenvalue weighted by atomic mass is 9.90. The molecular formula is C18H18Cl2F3NO3. The number of hydrogen-bond donors (Lipinski definition) is 0. The Bertz CT molecular complexity index is 791. The zero-order chi connectivity index (χ0) is 20.4. The molecule has 4 nitrogen and oxygen atoms in total. The van der Waals surface area contributed by atoms with Crippen LogP contribution < -0.4 is 0 Å². The molecule has 0 bridgehead atoms. The lowest BCUT2D eigenvalue weighted by Crippen LogP contribution is -2.31. The summed E-state index contributed by atoms with van der Waals surface area (Å²) >= 11 is 12.7. The zero-order valence-corrected chi connectivity index (χ0v) is 16.3. The molecule has 0 unspecified atom stereocenters. The minimum absolute atomic E-state index is 0.00658. The van der Waals surface area contributed by atoms with Crippen LogP contribution in [0.1, 0.15) is 40.7 Å². The summed E-state index contributed by atoms with van der Waals surface area (Å²) in [6, 6.07) is 1.42. The van der Waals surface area contributed by atoms with Crippen LogP contribution in [0.5, 0.6) is 0 Å². The second kappa shape index (κ2) is 8.63. The van der Waals surface area contributed by atoms with E-state index in [1.54, 1.807) is 0 Å². The average Bonchev–Trinajstić information content (AvgIpc) is 2.56. The number of allylic oxidation sites excluding steroid dienone is 2. The predicted octanol–water partition coefficient (Wildman–Crippen LogP) is 4.91. The van der Waals surface area contributed by atoms with Crippen molar-refractivity contribution in [2.24, 2.45) is 0 Å². The maximum Gasteiger partial charge on any atom is 0.401 e. The third-order valence-electron chi connectivity index (χ3n) is 4.12. The van der Waals surface area contributed by atoms with Gasteiger partial charge in [-0.15, -0.1) is 0 Å². The summed E-state index contributed by atoms with van der Waals surface area (Å²) < 4.78 is 42.7. The van der Waals surface area contributed by atoms with E-state index in [0.717, 1.165) is 4.90 Å². The number of alkyl halides is 3. The van der Waals surface area contributed by atoms with Gasteiger partial charge in [-0.1, -0.05) is 23.2 Å². The van der Waals surface area contributed by atoms with E-state index in [4.69, 9.17) is 27.9 Å². The molecule has 1 aromatic carbocycles. The van der Waals surface area contributed by atoms with Gasteiger partial charge in [-0.3, -0.25) is 9.69 Å². The van der Waals surface area contributed by atoms with Gasteiger partial charge in [0.1, 0.15) is 0 Å². The molecule has 0 saturated heterocycles. The minimum atomic E-state index is -4.39. The van der Waals surface area contributed by atoms with Gasteiger partial charge in [-0.2, -0.15) is 13.2 Å². The topological polar surface area (TPSA) is 46.6 Å². The molecule has 0 atom stereocenters. The number of ketones is 1. The van der Waals surface area contributed by atoms with Gasteiger partial charge < -0.3 is 4.74 Å². The Morgan fingerprint density at radius 3 is 2.48 bits per heavy atom. The van der Waals surface area contributed by atoms with Crippen LogP contribution in [0.15, 0.2) is 12.1 Å². The van der Waals surface area contributed by atoms with Gasteiger partial charge in [0.25, 0.3) is 0 Å². The van der Waals surface area contributed by atoms with E-state index in [1.807, 2.05) is 0 Å². The second-order valence-electron chi connectivity index (χ2n) is 6.35. The van der Waals surface area contributed by atoms with Crippen molar-refractivity contribution < 1.29 is 27.5 Å². The number of carbonyl (C=O) groups excluding carboxylic acids is 2. The number of hydrogen-bond acceptors (Lipinski definition) is 4. The number of halogens is 5. The highest BCUT2D eigenvalue weighted by atomic mass is 35.5. The number of methoxy groups -OCH3 is 1. The maximum absolute atomic E-state index is 12.7. The third-order valence-corrected chi connectivity index (χ3v) is 4.99. The van der Waals surface area contributed by atoms with Crippen LogP contribution in [0.25, 0.3) is 5.57 Å². The summed E-state index contributed by atoms with van der Waals surface area (Å²) in [5, 5.41) is 0.0648. The number of ether oxygens (including phenoxy) is 1. The molecule has 0 fully saturated rings. The molecule has 0 aromatic heterocycles. The summed E-state index contributed by atoms with van der Waals surface area (Å²) in [6.07, 6.45) is -1.34. The molecule has 0 N–H and O–H groups in total. The molecule has 9 heteroatoms. The quantitative estimate of drug-likeness (QED) is 0.631. The molecular weight excluding hydrogens is 406 g/mol. The third kappa shape index (κ3) is 5.46. The highest BCUT2D eigenvalue weighted by Gasteiger charge is 2.31. The monoisotopic (exact) mass is 423 g/mol. The van der Waals surface area contributed by atoms with Crippen molar-refractivity contribution in [3.63, 3.8) is 0 Å². The van der Waals surface area contributed by atoms with Crippen molar-refractivity contribution in [3.05, 3.63) is 38.9 Å². The van der Waals surface area contributed by atoms with Crippen molar-refractivity contribution in [3.8, 4) is 0 Å². The van der Waals surface area contributed by atoms with Crippen LogP contribution in [-0.2, 0) is 16.1 Å². The first-order chi connectivity index (χ1) is 12.5. The Morgan fingerprint density at radius 2 is 1.93 bits per heavy atom. The molecule has 27 heavy (non-hydrogen) atoms. The largest absolute Gasteiger partial charge is 0.465 e. The van der Waals surface area contributed by atoms with E-state index in [2.05, 4.69) is 0 Å². The number of nitrogens with zero attached hydrogens (tertiary/aromatic N) is 1. The van der Waals surface area contributed by atoms with Gasteiger partial charge in [-0.25, -0.2) is 4.79 Å². The van der Waals surface area contributed by atoms with Gasteiger partial charge in [0.2, 0.25) is 0 Å². The van der Waals surface area contributed by atoms with Gasteiger partial charge in [-0.05, 0) is 43.2 Å². The van der Waals surface area contributed by atoms with E-state index in [-0.39, 0.29) is 33.5 Å². The summed E-state index contributed by atoms with van der Waals surface area (Å²) in [4.78, 5) is 24.8. The van der Waals surface area contributed by atoms with E-state index in [0.29, 0.717) is 30.4 Å². The van der Waals surface area contributed by atoms with Crippen molar-refractivity contribution in [2.75, 3.05) is 20.7 Å². The Morgan fingerprint density at radius 1 is 1.26 bits per heavy atom. The molecule has 2 rings (SSSR count). The number of benzene rings is 1. The zero-order valence-electron chi connectivity index (χ0n) is 14.8. The van der Waals surface area contributed by atoms with Crippen LogP contribution in [0.3, 0.4) is 0 Å². The molecule has 148 valence electrons. The Balaban J connectivity index is 2.55. The van der Waals surface area contributed by atoms with Crippen LogP contribution in [0.4, 0.5) is 13.2 Å². The van der Waals surface area contributed by atoms with Crippen molar-refractivity contribution >= 4 is 40.5 Å². The normalized spacial score (nSPS) is 15.1. The summed E-state index contributed by atoms with van der Waals surface area (Å²) in [5.41, 5.74) is 1.21. The first-order valence-corrected chi connectivity index (χ1v) is 8.87. The second-order valence-corrected chi connectivity index (χ2v) is 7.10. The lowest BCUT2D eigenvalue weighted by molar-refractivity contribution is -0.144. The van der Waals surface area contributed by atoms with Gasteiger partial charge in [0.15, 0.2) is 5.78 Å². The Kier molecular flexibility index (Phi) is 6.94. The predicted molar refractivity (Wildman–Crippen MR) is 97.0 cm³/mol. The maximum atomic E-state index is 12.7. The lowest BCUT2D eigenvalue weighted by Gasteiger charge is -2.23. The molecule has 0 aliphatic heterocycles. The van der Waals surface area contributed by atoms with Crippen molar-refractivity contribution in [1.29, 1.82) is 0 Å². The fraction of sp³-hybridized carbons (Fsp3) is 0.444. The number of carbonyl (C=O) groups is 2. The van der Waals surface area contributed by atoms with E-state index in [1.165, 1.54) is 26.3 Å².